The van der Waals surface area contributed by atoms with Crippen molar-refractivity contribution >= 4 is 23.4 Å². The van der Waals surface area contributed by atoms with Crippen molar-refractivity contribution in [1.82, 2.24) is 10.2 Å². The van der Waals surface area contributed by atoms with Gasteiger partial charge in [-0.2, -0.15) is 0 Å². The molecule has 0 radical (unpaired) electrons. The van der Waals surface area contributed by atoms with Gasteiger partial charge in [0.2, 0.25) is 5.91 Å². The number of rotatable bonds is 7. The maximum atomic E-state index is 11.9. The molecule has 5 nitrogen and oxygen atoms in total. The summed E-state index contributed by atoms with van der Waals surface area (Å²) in [5.74, 6) is 0.656. The van der Waals surface area contributed by atoms with Crippen molar-refractivity contribution in [3.05, 3.63) is 29.3 Å². The van der Waals surface area contributed by atoms with E-state index in [4.69, 9.17) is 16.3 Å². The summed E-state index contributed by atoms with van der Waals surface area (Å²) in [7, 11) is 0. The zero-order valence-corrected chi connectivity index (χ0v) is 13.4. The fourth-order valence-corrected chi connectivity index (χ4v) is 2.46. The quantitative estimate of drug-likeness (QED) is 0.782. The Kier molecular flexibility index (Phi) is 6.07. The minimum atomic E-state index is -0.574. The summed E-state index contributed by atoms with van der Waals surface area (Å²) in [4.78, 5) is 25.2. The lowest BCUT2D eigenvalue weighted by Crippen LogP contribution is -2.38. The van der Waals surface area contributed by atoms with Crippen molar-refractivity contribution in [2.24, 2.45) is 0 Å². The number of halogens is 1. The highest BCUT2D eigenvalue weighted by molar-refractivity contribution is 6.30. The van der Waals surface area contributed by atoms with Crippen molar-refractivity contribution in [2.75, 3.05) is 19.6 Å². The van der Waals surface area contributed by atoms with E-state index in [1.54, 1.807) is 31.2 Å². The summed E-state index contributed by atoms with van der Waals surface area (Å²) in [5.41, 5.74) is 0. The van der Waals surface area contributed by atoms with E-state index in [0.29, 0.717) is 30.3 Å². The Labute approximate surface area is 135 Å². The molecule has 0 saturated carbocycles. The monoisotopic (exact) mass is 324 g/mol. The molecule has 22 heavy (non-hydrogen) atoms. The van der Waals surface area contributed by atoms with E-state index in [0.717, 1.165) is 19.4 Å². The molecule has 0 spiro atoms. The van der Waals surface area contributed by atoms with E-state index < -0.39 is 6.10 Å². The first-order valence-electron chi connectivity index (χ1n) is 7.54. The molecule has 1 saturated heterocycles. The molecule has 6 heteroatoms. The van der Waals surface area contributed by atoms with Crippen LogP contribution in [0.4, 0.5) is 0 Å². The molecule has 1 N–H and O–H groups in total. The number of likely N-dealkylation sites (tertiary alicyclic amines) is 1. The minimum Gasteiger partial charge on any atom is -0.481 e. The van der Waals surface area contributed by atoms with Gasteiger partial charge in [-0.05, 0) is 44.0 Å². The van der Waals surface area contributed by atoms with Crippen molar-refractivity contribution in [3.8, 4) is 5.75 Å². The largest absolute Gasteiger partial charge is 0.481 e. The van der Waals surface area contributed by atoms with Gasteiger partial charge in [0.15, 0.2) is 6.10 Å². The standard InChI is InChI=1S/C16H21ClN2O3/c1-12(22-14-7-5-13(17)6-8-14)16(21)18-9-3-11-19-10-2-4-15(19)20/h5-8,12H,2-4,9-11H2,1H3,(H,18,21)/t12-/m1/s1. The van der Waals surface area contributed by atoms with Gasteiger partial charge >= 0.3 is 0 Å². The Hall–Kier alpha value is -1.75. The number of nitrogens with one attached hydrogen (secondary N) is 1. The fraction of sp³-hybridized carbons (Fsp3) is 0.500. The first-order valence-corrected chi connectivity index (χ1v) is 7.92. The summed E-state index contributed by atoms with van der Waals surface area (Å²) in [6.45, 7) is 3.78. The van der Waals surface area contributed by atoms with Crippen molar-refractivity contribution < 1.29 is 14.3 Å². The topological polar surface area (TPSA) is 58.6 Å². The van der Waals surface area contributed by atoms with E-state index in [1.165, 1.54) is 0 Å². The fourth-order valence-electron chi connectivity index (χ4n) is 2.34. The number of amides is 2. The molecular weight excluding hydrogens is 304 g/mol. The van der Waals surface area contributed by atoms with E-state index >= 15 is 0 Å². The van der Waals surface area contributed by atoms with Crippen molar-refractivity contribution in [2.45, 2.75) is 32.3 Å². The highest BCUT2D eigenvalue weighted by atomic mass is 35.5. The molecule has 1 atom stereocenters. The van der Waals surface area contributed by atoms with Gasteiger partial charge in [0, 0.05) is 31.1 Å². The summed E-state index contributed by atoms with van der Waals surface area (Å²) >= 11 is 5.80. The number of hydrogen-bond donors (Lipinski definition) is 1. The van der Waals surface area contributed by atoms with Gasteiger partial charge in [0.05, 0.1) is 0 Å². The second-order valence-electron chi connectivity index (χ2n) is 5.34. The first kappa shape index (κ1) is 16.6. The Morgan fingerprint density at radius 3 is 2.77 bits per heavy atom. The molecule has 0 unspecified atom stereocenters. The van der Waals surface area contributed by atoms with Gasteiger partial charge in [-0.1, -0.05) is 11.6 Å². The smallest absolute Gasteiger partial charge is 0.260 e. The molecule has 1 fully saturated rings. The Bertz CT molecular complexity index is 519. The highest BCUT2D eigenvalue weighted by Gasteiger charge is 2.19. The summed E-state index contributed by atoms with van der Waals surface area (Å²) in [6.07, 6.45) is 1.77. The van der Waals surface area contributed by atoms with Crippen LogP contribution in [0, 0.1) is 0 Å². The number of carbonyl (C=O) groups is 2. The van der Waals surface area contributed by atoms with E-state index in [-0.39, 0.29) is 11.8 Å². The predicted molar refractivity (Wildman–Crippen MR) is 85.0 cm³/mol. The summed E-state index contributed by atoms with van der Waals surface area (Å²) in [6, 6.07) is 6.89. The van der Waals surface area contributed by atoms with Crippen LogP contribution in [-0.4, -0.2) is 42.5 Å². The van der Waals surface area contributed by atoms with Gasteiger partial charge in [-0.3, -0.25) is 9.59 Å². The van der Waals surface area contributed by atoms with Crippen LogP contribution in [0.15, 0.2) is 24.3 Å². The SMILES string of the molecule is C[C@@H](Oc1ccc(Cl)cc1)C(=O)NCCCN1CCCC1=O. The Balaban J connectivity index is 1.65. The number of ether oxygens (including phenoxy) is 1. The molecule has 2 amide bonds. The van der Waals surface area contributed by atoms with Crippen LogP contribution in [0.1, 0.15) is 26.2 Å². The van der Waals surface area contributed by atoms with E-state index in [1.807, 2.05) is 4.90 Å². The Morgan fingerprint density at radius 1 is 1.41 bits per heavy atom. The number of hydrogen-bond acceptors (Lipinski definition) is 3. The minimum absolute atomic E-state index is 0.164. The zero-order chi connectivity index (χ0) is 15.9. The average molecular weight is 325 g/mol. The second-order valence-corrected chi connectivity index (χ2v) is 5.78. The second kappa shape index (κ2) is 8.03. The van der Waals surface area contributed by atoms with Crippen molar-refractivity contribution in [3.63, 3.8) is 0 Å². The number of nitrogens with zero attached hydrogens (tertiary/aromatic N) is 1. The molecular formula is C16H21ClN2O3. The molecule has 1 aromatic carbocycles. The molecule has 1 aliphatic rings. The normalized spacial score (nSPS) is 15.7. The molecule has 0 bridgehead atoms. The van der Waals surface area contributed by atoms with Crippen LogP contribution < -0.4 is 10.1 Å². The highest BCUT2D eigenvalue weighted by Crippen LogP contribution is 2.16. The molecule has 0 aliphatic carbocycles. The predicted octanol–water partition coefficient (Wildman–Crippen LogP) is 2.24. The summed E-state index contributed by atoms with van der Waals surface area (Å²) in [5, 5.41) is 3.45. The van der Waals surface area contributed by atoms with Gasteiger partial charge in [0.25, 0.3) is 5.91 Å². The lowest BCUT2D eigenvalue weighted by Gasteiger charge is -2.17. The molecule has 0 aromatic heterocycles. The lowest BCUT2D eigenvalue weighted by atomic mass is 10.3. The lowest BCUT2D eigenvalue weighted by molar-refractivity contribution is -0.127. The van der Waals surface area contributed by atoms with E-state index in [9.17, 15) is 9.59 Å². The van der Waals surface area contributed by atoms with Gasteiger partial charge in [0.1, 0.15) is 5.75 Å². The van der Waals surface area contributed by atoms with Crippen LogP contribution in [0.2, 0.25) is 5.02 Å². The zero-order valence-electron chi connectivity index (χ0n) is 12.7. The van der Waals surface area contributed by atoms with Crippen LogP contribution in [0.5, 0.6) is 5.75 Å². The van der Waals surface area contributed by atoms with Crippen molar-refractivity contribution in [1.29, 1.82) is 0 Å². The van der Waals surface area contributed by atoms with Crippen LogP contribution in [0.25, 0.3) is 0 Å². The molecule has 1 aromatic rings. The van der Waals surface area contributed by atoms with Gasteiger partial charge in [-0.25, -0.2) is 0 Å². The third-order valence-corrected chi connectivity index (χ3v) is 3.82. The van der Waals surface area contributed by atoms with Gasteiger partial charge < -0.3 is 15.0 Å². The molecule has 2 rings (SSSR count). The first-order chi connectivity index (χ1) is 10.6. The molecule has 120 valence electrons. The third kappa shape index (κ3) is 4.91. The maximum absolute atomic E-state index is 11.9. The molecule has 1 heterocycles. The third-order valence-electron chi connectivity index (χ3n) is 3.57. The van der Waals surface area contributed by atoms with Crippen LogP contribution in [0.3, 0.4) is 0 Å². The number of benzene rings is 1. The summed E-state index contributed by atoms with van der Waals surface area (Å²) < 4.78 is 5.54. The molecule has 1 aliphatic heterocycles. The number of carbonyl (C=O) groups excluding carboxylic acids is 2. The van der Waals surface area contributed by atoms with Gasteiger partial charge in [-0.15, -0.1) is 0 Å². The average Bonchev–Trinajstić information content (AvgIpc) is 2.91. The van der Waals surface area contributed by atoms with Crippen LogP contribution in [-0.2, 0) is 9.59 Å². The Morgan fingerprint density at radius 2 is 2.14 bits per heavy atom. The maximum Gasteiger partial charge on any atom is 0.260 e. The van der Waals surface area contributed by atoms with E-state index in [2.05, 4.69) is 5.32 Å². The van der Waals surface area contributed by atoms with Crippen LogP contribution >= 0.6 is 11.6 Å².